The van der Waals surface area contributed by atoms with Crippen molar-refractivity contribution < 1.29 is 17.9 Å². The van der Waals surface area contributed by atoms with E-state index in [-0.39, 0.29) is 5.75 Å². The van der Waals surface area contributed by atoms with Crippen molar-refractivity contribution in [2.75, 3.05) is 18.5 Å². The number of hydrogen-bond acceptors (Lipinski definition) is 4. The third-order valence-electron chi connectivity index (χ3n) is 8.55. The fourth-order valence-electron chi connectivity index (χ4n) is 7.27. The second-order valence-corrected chi connectivity index (χ2v) is 11.3. The molecule has 0 saturated heterocycles. The van der Waals surface area contributed by atoms with Crippen molar-refractivity contribution in [1.82, 2.24) is 10.3 Å². The van der Waals surface area contributed by atoms with Gasteiger partial charge in [0.2, 0.25) is 0 Å². The topological polar surface area (TPSA) is 46.2 Å². The zero-order chi connectivity index (χ0) is 25.6. The molecule has 4 aliphatic carbocycles. The Morgan fingerprint density at radius 1 is 0.946 bits per heavy atom. The molecule has 4 bridgehead atoms. The summed E-state index contributed by atoms with van der Waals surface area (Å²) in [6, 6.07) is 13.9. The summed E-state index contributed by atoms with van der Waals surface area (Å²) >= 11 is 0. The fraction of sp³-hybridized carbons (Fsp3) is 0.500. The molecule has 2 N–H and O–H groups in total. The van der Waals surface area contributed by atoms with Crippen LogP contribution in [0, 0.1) is 30.6 Å². The lowest BCUT2D eigenvalue weighted by Crippen LogP contribution is -2.54. The van der Waals surface area contributed by atoms with Crippen molar-refractivity contribution in [2.45, 2.75) is 57.7 Å². The van der Waals surface area contributed by atoms with E-state index in [2.05, 4.69) is 15.6 Å². The molecular formula is C30H34F3N3O. The van der Waals surface area contributed by atoms with Gasteiger partial charge in [0.1, 0.15) is 5.75 Å². The second-order valence-electron chi connectivity index (χ2n) is 11.3. The molecule has 1 heterocycles. The highest BCUT2D eigenvalue weighted by Crippen LogP contribution is 2.53. The van der Waals surface area contributed by atoms with E-state index in [4.69, 9.17) is 4.74 Å². The number of rotatable bonds is 8. The predicted molar refractivity (Wildman–Crippen MR) is 140 cm³/mol. The summed E-state index contributed by atoms with van der Waals surface area (Å²) in [6.07, 6.45) is 3.21. The molecule has 4 aliphatic rings. The number of fused-ring (bicyclic) bond motifs is 1. The molecule has 196 valence electrons. The van der Waals surface area contributed by atoms with E-state index >= 15 is 0 Å². The molecule has 2 aromatic carbocycles. The standard InChI is InChI=1S/C30H34F3N3O/c1-18-9-28(26-5-2-3-6-27(26)35-18)36-24-15-23(30(31,32)33)16-25(17-24)37-8-4-7-34-29-21-11-19-10-20(13-21)14-22(29)12-19/h2-3,5-6,9,15-17,19-22,29,34H,4,7-8,10-14H2,1H3,(H,35,36). The lowest BCUT2D eigenvalue weighted by atomic mass is 9.54. The van der Waals surface area contributed by atoms with Crippen LogP contribution in [0.2, 0.25) is 0 Å². The number of aryl methyl sites for hydroxylation is 1. The molecule has 1 aromatic heterocycles. The van der Waals surface area contributed by atoms with Crippen molar-refractivity contribution in [3.8, 4) is 5.75 Å². The number of hydrogen-bond donors (Lipinski definition) is 2. The van der Waals surface area contributed by atoms with Crippen LogP contribution in [-0.2, 0) is 6.18 Å². The van der Waals surface area contributed by atoms with Crippen molar-refractivity contribution in [3.63, 3.8) is 0 Å². The molecule has 4 saturated carbocycles. The van der Waals surface area contributed by atoms with Crippen molar-refractivity contribution >= 4 is 22.3 Å². The molecule has 4 fully saturated rings. The molecule has 0 aliphatic heterocycles. The largest absolute Gasteiger partial charge is 0.493 e. The molecule has 0 atom stereocenters. The summed E-state index contributed by atoms with van der Waals surface area (Å²) in [5.41, 5.74) is 1.91. The van der Waals surface area contributed by atoms with Crippen LogP contribution >= 0.6 is 0 Å². The summed E-state index contributed by atoms with van der Waals surface area (Å²) in [5, 5.41) is 7.81. The Bertz CT molecular complexity index is 1250. The SMILES string of the molecule is Cc1cc(Nc2cc(OCCCNC3C4CC5CC(C4)CC3C5)cc(C(F)(F)F)c2)c2ccccc2n1. The van der Waals surface area contributed by atoms with Gasteiger partial charge in [-0.25, -0.2) is 0 Å². The molecule has 7 heteroatoms. The first-order valence-electron chi connectivity index (χ1n) is 13.5. The maximum atomic E-state index is 13.7. The van der Waals surface area contributed by atoms with Gasteiger partial charge in [-0.2, -0.15) is 13.2 Å². The van der Waals surface area contributed by atoms with Crippen molar-refractivity contribution in [1.29, 1.82) is 0 Å². The number of anilines is 2. The average Bonchev–Trinajstić information content (AvgIpc) is 2.84. The molecular weight excluding hydrogens is 475 g/mol. The number of ether oxygens (including phenoxy) is 1. The molecule has 3 aromatic rings. The van der Waals surface area contributed by atoms with E-state index in [0.717, 1.165) is 65.4 Å². The minimum Gasteiger partial charge on any atom is -0.493 e. The zero-order valence-electron chi connectivity index (χ0n) is 21.2. The Balaban J connectivity index is 1.11. The number of aromatic nitrogens is 1. The van der Waals surface area contributed by atoms with E-state index in [0.29, 0.717) is 24.0 Å². The van der Waals surface area contributed by atoms with Crippen LogP contribution in [0.1, 0.15) is 49.8 Å². The smallest absolute Gasteiger partial charge is 0.416 e. The lowest BCUT2D eigenvalue weighted by molar-refractivity contribution is -0.137. The zero-order valence-corrected chi connectivity index (χ0v) is 21.2. The fourth-order valence-corrected chi connectivity index (χ4v) is 7.27. The summed E-state index contributed by atoms with van der Waals surface area (Å²) < 4.78 is 46.9. The number of benzene rings is 2. The molecule has 0 unspecified atom stereocenters. The minimum absolute atomic E-state index is 0.224. The van der Waals surface area contributed by atoms with Gasteiger partial charge in [0.25, 0.3) is 0 Å². The van der Waals surface area contributed by atoms with Gasteiger partial charge in [-0.05, 0) is 99.9 Å². The molecule has 7 rings (SSSR count). The number of alkyl halides is 3. The van der Waals surface area contributed by atoms with E-state index in [1.165, 1.54) is 32.1 Å². The lowest BCUT2D eigenvalue weighted by Gasteiger charge is -2.54. The van der Waals surface area contributed by atoms with Crippen molar-refractivity contribution in [3.05, 3.63) is 59.8 Å². The minimum atomic E-state index is -4.47. The number of nitrogens with zero attached hydrogens (tertiary/aromatic N) is 1. The van der Waals surface area contributed by atoms with E-state index < -0.39 is 11.7 Å². The van der Waals surface area contributed by atoms with E-state index in [1.54, 1.807) is 6.07 Å². The van der Waals surface area contributed by atoms with Crippen molar-refractivity contribution in [2.24, 2.45) is 23.7 Å². The first kappa shape index (κ1) is 24.5. The molecule has 0 radical (unpaired) electrons. The highest BCUT2D eigenvalue weighted by molar-refractivity contribution is 5.93. The van der Waals surface area contributed by atoms with Gasteiger partial charge in [0.05, 0.1) is 17.7 Å². The highest BCUT2D eigenvalue weighted by Gasteiger charge is 2.47. The Labute approximate surface area is 216 Å². The van der Waals surface area contributed by atoms with Crippen LogP contribution < -0.4 is 15.4 Å². The van der Waals surface area contributed by atoms with E-state index in [9.17, 15) is 13.2 Å². The van der Waals surface area contributed by atoms with Gasteiger partial charge in [-0.1, -0.05) is 18.2 Å². The molecule has 0 amide bonds. The quantitative estimate of drug-likeness (QED) is 0.309. The number of nitrogens with one attached hydrogen (secondary N) is 2. The first-order valence-corrected chi connectivity index (χ1v) is 13.5. The average molecular weight is 510 g/mol. The Hall–Kier alpha value is -2.80. The van der Waals surface area contributed by atoms with Crippen LogP contribution in [0.15, 0.2) is 48.5 Å². The normalized spacial score (nSPS) is 26.5. The highest BCUT2D eigenvalue weighted by atomic mass is 19.4. The van der Waals surface area contributed by atoms with Crippen LogP contribution in [-0.4, -0.2) is 24.2 Å². The van der Waals surface area contributed by atoms with E-state index in [1.807, 2.05) is 37.3 Å². The van der Waals surface area contributed by atoms with Gasteiger partial charge in [0, 0.05) is 34.6 Å². The number of pyridine rings is 1. The van der Waals surface area contributed by atoms with Gasteiger partial charge in [-0.15, -0.1) is 0 Å². The summed E-state index contributed by atoms with van der Waals surface area (Å²) in [7, 11) is 0. The van der Waals surface area contributed by atoms with Gasteiger partial charge < -0.3 is 15.4 Å². The van der Waals surface area contributed by atoms with Gasteiger partial charge >= 0.3 is 6.18 Å². The summed E-state index contributed by atoms with van der Waals surface area (Å²) in [4.78, 5) is 4.52. The van der Waals surface area contributed by atoms with Gasteiger partial charge in [-0.3, -0.25) is 4.98 Å². The number of para-hydroxylation sites is 1. The maximum absolute atomic E-state index is 13.7. The van der Waals surface area contributed by atoms with Crippen LogP contribution in [0.25, 0.3) is 10.9 Å². The Morgan fingerprint density at radius 3 is 2.41 bits per heavy atom. The van der Waals surface area contributed by atoms with Crippen LogP contribution in [0.4, 0.5) is 24.5 Å². The summed E-state index contributed by atoms with van der Waals surface area (Å²) in [6.45, 7) is 3.08. The Morgan fingerprint density at radius 2 is 1.68 bits per heavy atom. The monoisotopic (exact) mass is 509 g/mol. The van der Waals surface area contributed by atoms with Crippen LogP contribution in [0.5, 0.6) is 5.75 Å². The first-order chi connectivity index (χ1) is 17.8. The third-order valence-corrected chi connectivity index (χ3v) is 8.55. The summed E-state index contributed by atoms with van der Waals surface area (Å²) in [5.74, 6) is 3.73. The maximum Gasteiger partial charge on any atom is 0.416 e. The predicted octanol–water partition coefficient (Wildman–Crippen LogP) is 7.49. The molecule has 37 heavy (non-hydrogen) atoms. The molecule has 4 nitrogen and oxygen atoms in total. The Kier molecular flexibility index (Phi) is 6.51. The molecule has 0 spiro atoms. The second kappa shape index (κ2) is 9.82. The number of halogens is 3. The van der Waals surface area contributed by atoms with Crippen LogP contribution in [0.3, 0.4) is 0 Å². The third kappa shape index (κ3) is 5.28. The van der Waals surface area contributed by atoms with Gasteiger partial charge in [0.15, 0.2) is 0 Å².